The fourth-order valence-corrected chi connectivity index (χ4v) is 3.05. The van der Waals surface area contributed by atoms with Crippen LogP contribution in [0.25, 0.3) is 0 Å². The number of nitrogens with one attached hydrogen (secondary N) is 1. The number of carbonyl (C=O) groups excluding carboxylic acids is 1. The standard InChI is InChI=1S/C13H16N4OS2/c1-3-11-16-13(20-17-11)19-7-12(18)15-10-5-4-8(2)6-9(10)14/h4-6H,3,7,14H2,1-2H3,(H,15,18). The molecule has 0 radical (unpaired) electrons. The maximum Gasteiger partial charge on any atom is 0.234 e. The van der Waals surface area contributed by atoms with E-state index in [9.17, 15) is 4.79 Å². The van der Waals surface area contributed by atoms with Crippen LogP contribution in [-0.2, 0) is 11.2 Å². The summed E-state index contributed by atoms with van der Waals surface area (Å²) < 4.78 is 4.99. The molecule has 0 bridgehead atoms. The van der Waals surface area contributed by atoms with Crippen LogP contribution in [0.15, 0.2) is 22.5 Å². The SMILES string of the molecule is CCc1nsc(SCC(=O)Nc2ccc(C)cc2N)n1. The van der Waals surface area contributed by atoms with Crippen molar-refractivity contribution >= 4 is 40.6 Å². The zero-order chi connectivity index (χ0) is 14.5. The number of nitrogen functional groups attached to an aromatic ring is 1. The van der Waals surface area contributed by atoms with Gasteiger partial charge in [-0.3, -0.25) is 4.79 Å². The smallest absolute Gasteiger partial charge is 0.234 e. The van der Waals surface area contributed by atoms with Crippen LogP contribution in [-0.4, -0.2) is 21.0 Å². The van der Waals surface area contributed by atoms with Gasteiger partial charge in [0.15, 0.2) is 4.34 Å². The van der Waals surface area contributed by atoms with Gasteiger partial charge in [-0.1, -0.05) is 24.8 Å². The monoisotopic (exact) mass is 308 g/mol. The van der Waals surface area contributed by atoms with E-state index in [0.29, 0.717) is 17.1 Å². The highest BCUT2D eigenvalue weighted by atomic mass is 32.2. The van der Waals surface area contributed by atoms with Gasteiger partial charge in [0.2, 0.25) is 5.91 Å². The topological polar surface area (TPSA) is 80.9 Å². The lowest BCUT2D eigenvalue weighted by Gasteiger charge is -2.08. The zero-order valence-corrected chi connectivity index (χ0v) is 13.0. The molecule has 1 heterocycles. The summed E-state index contributed by atoms with van der Waals surface area (Å²) in [6.07, 6.45) is 0.809. The lowest BCUT2D eigenvalue weighted by Crippen LogP contribution is -2.15. The summed E-state index contributed by atoms with van der Waals surface area (Å²) in [5.74, 6) is 1.02. The minimum absolute atomic E-state index is 0.0983. The summed E-state index contributed by atoms with van der Waals surface area (Å²) in [6.45, 7) is 3.96. The van der Waals surface area contributed by atoms with E-state index in [4.69, 9.17) is 5.73 Å². The Morgan fingerprint density at radius 3 is 2.95 bits per heavy atom. The molecule has 1 aromatic carbocycles. The Bertz CT molecular complexity index is 612. The molecule has 3 N–H and O–H groups in total. The number of nitrogens with two attached hydrogens (primary N) is 1. The Morgan fingerprint density at radius 2 is 2.30 bits per heavy atom. The second-order valence-electron chi connectivity index (χ2n) is 4.26. The number of aryl methyl sites for hydroxylation is 2. The van der Waals surface area contributed by atoms with Crippen molar-refractivity contribution in [1.82, 2.24) is 9.36 Å². The minimum Gasteiger partial charge on any atom is -0.397 e. The highest BCUT2D eigenvalue weighted by Gasteiger charge is 2.09. The van der Waals surface area contributed by atoms with Crippen LogP contribution in [0, 0.1) is 6.92 Å². The number of nitrogens with zero attached hydrogens (tertiary/aromatic N) is 2. The molecule has 0 unspecified atom stereocenters. The van der Waals surface area contributed by atoms with Gasteiger partial charge in [-0.05, 0) is 36.2 Å². The lowest BCUT2D eigenvalue weighted by atomic mass is 10.2. The van der Waals surface area contributed by atoms with Crippen LogP contribution < -0.4 is 11.1 Å². The van der Waals surface area contributed by atoms with Crippen molar-refractivity contribution in [1.29, 1.82) is 0 Å². The first-order valence-electron chi connectivity index (χ1n) is 6.20. The number of aromatic nitrogens is 2. The van der Waals surface area contributed by atoms with E-state index < -0.39 is 0 Å². The largest absolute Gasteiger partial charge is 0.397 e. The van der Waals surface area contributed by atoms with Gasteiger partial charge >= 0.3 is 0 Å². The molecule has 0 spiro atoms. The van der Waals surface area contributed by atoms with E-state index in [1.54, 1.807) is 0 Å². The first-order valence-corrected chi connectivity index (χ1v) is 7.95. The molecule has 20 heavy (non-hydrogen) atoms. The van der Waals surface area contributed by atoms with E-state index in [-0.39, 0.29) is 5.91 Å². The van der Waals surface area contributed by atoms with Gasteiger partial charge in [-0.25, -0.2) is 4.98 Å². The van der Waals surface area contributed by atoms with E-state index in [1.165, 1.54) is 23.3 Å². The average Bonchev–Trinajstić information content (AvgIpc) is 2.88. The highest BCUT2D eigenvalue weighted by Crippen LogP contribution is 2.22. The molecule has 5 nitrogen and oxygen atoms in total. The third-order valence-electron chi connectivity index (χ3n) is 2.57. The van der Waals surface area contributed by atoms with Gasteiger partial charge in [0.1, 0.15) is 5.82 Å². The van der Waals surface area contributed by atoms with Gasteiger partial charge in [0, 0.05) is 6.42 Å². The Labute approximate surface area is 126 Å². The number of carbonyl (C=O) groups is 1. The summed E-state index contributed by atoms with van der Waals surface area (Å²) in [5, 5.41) is 2.80. The number of benzene rings is 1. The quantitative estimate of drug-likeness (QED) is 0.655. The summed E-state index contributed by atoms with van der Waals surface area (Å²) >= 11 is 2.71. The third kappa shape index (κ3) is 3.94. The number of amides is 1. The highest BCUT2D eigenvalue weighted by molar-refractivity contribution is 8.01. The van der Waals surface area contributed by atoms with Crippen LogP contribution in [0.4, 0.5) is 11.4 Å². The number of anilines is 2. The van der Waals surface area contributed by atoms with Crippen LogP contribution in [0.3, 0.4) is 0 Å². The Kier molecular flexibility index (Phi) is 4.97. The molecule has 7 heteroatoms. The molecule has 1 aromatic heterocycles. The van der Waals surface area contributed by atoms with Crippen molar-refractivity contribution < 1.29 is 4.79 Å². The van der Waals surface area contributed by atoms with Crippen LogP contribution in [0.2, 0.25) is 0 Å². The minimum atomic E-state index is -0.0983. The van der Waals surface area contributed by atoms with E-state index in [2.05, 4.69) is 14.7 Å². The zero-order valence-electron chi connectivity index (χ0n) is 11.3. The normalized spacial score (nSPS) is 10.5. The molecule has 2 aromatic rings. The van der Waals surface area contributed by atoms with Crippen molar-refractivity contribution in [2.75, 3.05) is 16.8 Å². The summed E-state index contributed by atoms with van der Waals surface area (Å²) in [6, 6.07) is 5.56. The summed E-state index contributed by atoms with van der Waals surface area (Å²) in [7, 11) is 0. The number of hydrogen-bond acceptors (Lipinski definition) is 6. The maximum absolute atomic E-state index is 11.9. The van der Waals surface area contributed by atoms with Gasteiger partial charge in [0.25, 0.3) is 0 Å². The van der Waals surface area contributed by atoms with Crippen molar-refractivity contribution in [2.24, 2.45) is 0 Å². The molecule has 1 amide bonds. The number of hydrogen-bond donors (Lipinski definition) is 2. The molecule has 0 fully saturated rings. The second kappa shape index (κ2) is 6.71. The van der Waals surface area contributed by atoms with Crippen LogP contribution in [0.5, 0.6) is 0 Å². The molecule has 0 aliphatic rings. The summed E-state index contributed by atoms with van der Waals surface area (Å²) in [5.41, 5.74) is 8.14. The maximum atomic E-state index is 11.9. The Balaban J connectivity index is 1.89. The molecule has 0 aliphatic carbocycles. The predicted molar refractivity (Wildman–Crippen MR) is 84.2 cm³/mol. The molecular weight excluding hydrogens is 292 g/mol. The molecule has 0 saturated carbocycles. The van der Waals surface area contributed by atoms with Crippen molar-refractivity contribution in [3.63, 3.8) is 0 Å². The first kappa shape index (κ1) is 14.8. The van der Waals surface area contributed by atoms with E-state index >= 15 is 0 Å². The van der Waals surface area contributed by atoms with Gasteiger partial charge < -0.3 is 11.1 Å². The third-order valence-corrected chi connectivity index (χ3v) is 4.45. The summed E-state index contributed by atoms with van der Waals surface area (Å²) in [4.78, 5) is 16.2. The van der Waals surface area contributed by atoms with E-state index in [1.807, 2.05) is 32.0 Å². The Hall–Kier alpha value is -1.60. The lowest BCUT2D eigenvalue weighted by molar-refractivity contribution is -0.113. The predicted octanol–water partition coefficient (Wildman–Crippen LogP) is 2.72. The van der Waals surface area contributed by atoms with Gasteiger partial charge in [-0.2, -0.15) is 4.37 Å². The van der Waals surface area contributed by atoms with Crippen molar-refractivity contribution in [3.05, 3.63) is 29.6 Å². The molecule has 0 aliphatic heterocycles. The Morgan fingerprint density at radius 1 is 1.50 bits per heavy atom. The van der Waals surface area contributed by atoms with Crippen molar-refractivity contribution in [3.8, 4) is 0 Å². The molecule has 0 atom stereocenters. The van der Waals surface area contributed by atoms with Crippen LogP contribution in [0.1, 0.15) is 18.3 Å². The number of thioether (sulfide) groups is 1. The first-order chi connectivity index (χ1) is 9.58. The second-order valence-corrected chi connectivity index (χ2v) is 6.23. The van der Waals surface area contributed by atoms with Crippen LogP contribution >= 0.6 is 23.3 Å². The average molecular weight is 308 g/mol. The number of rotatable bonds is 5. The molecule has 106 valence electrons. The molecule has 2 rings (SSSR count). The molecular formula is C13H16N4OS2. The van der Waals surface area contributed by atoms with Crippen molar-refractivity contribution in [2.45, 2.75) is 24.6 Å². The fourth-order valence-electron chi connectivity index (χ4n) is 1.55. The molecule has 0 saturated heterocycles. The van der Waals surface area contributed by atoms with Gasteiger partial charge in [0.05, 0.1) is 17.1 Å². The fraction of sp³-hybridized carbons (Fsp3) is 0.308. The van der Waals surface area contributed by atoms with Gasteiger partial charge in [-0.15, -0.1) is 0 Å². The van der Waals surface area contributed by atoms with E-state index in [0.717, 1.165) is 22.1 Å².